The molecule has 1 saturated heterocycles. The zero-order valence-electron chi connectivity index (χ0n) is 13.0. The number of piperidine rings is 1. The molecule has 1 aliphatic heterocycles. The first-order chi connectivity index (χ1) is 9.56. The first-order valence-electron chi connectivity index (χ1n) is 7.65. The highest BCUT2D eigenvalue weighted by atomic mass is 35.5. The van der Waals surface area contributed by atoms with E-state index in [2.05, 4.69) is 26.0 Å². The summed E-state index contributed by atoms with van der Waals surface area (Å²) in [6, 6.07) is 4.59. The Kier molecular flexibility index (Phi) is 7.71. The summed E-state index contributed by atoms with van der Waals surface area (Å²) in [7, 11) is 0. The fourth-order valence-electron chi connectivity index (χ4n) is 2.87. The molecule has 21 heavy (non-hydrogen) atoms. The summed E-state index contributed by atoms with van der Waals surface area (Å²) in [4.78, 5) is 16.9. The molecular formula is C16H27ClN2OS. The van der Waals surface area contributed by atoms with Crippen molar-refractivity contribution >= 4 is 29.7 Å². The molecule has 1 aromatic rings. The summed E-state index contributed by atoms with van der Waals surface area (Å²) < 4.78 is 0. The molecule has 2 heterocycles. The van der Waals surface area contributed by atoms with E-state index in [1.54, 1.807) is 0 Å². The molecule has 0 saturated carbocycles. The highest BCUT2D eigenvalue weighted by Gasteiger charge is 2.24. The van der Waals surface area contributed by atoms with E-state index in [0.29, 0.717) is 18.2 Å². The number of carbonyl (C=O) groups is 1. The molecule has 1 fully saturated rings. The first kappa shape index (κ1) is 18.5. The van der Waals surface area contributed by atoms with Gasteiger partial charge in [-0.05, 0) is 57.6 Å². The van der Waals surface area contributed by atoms with Crippen molar-refractivity contribution in [2.45, 2.75) is 52.0 Å². The van der Waals surface area contributed by atoms with Crippen molar-refractivity contribution in [2.75, 3.05) is 13.1 Å². The topological polar surface area (TPSA) is 46.3 Å². The average Bonchev–Trinajstić information content (AvgIpc) is 2.84. The van der Waals surface area contributed by atoms with E-state index in [1.165, 1.54) is 9.75 Å². The van der Waals surface area contributed by atoms with E-state index in [1.807, 2.05) is 16.2 Å². The lowest BCUT2D eigenvalue weighted by Crippen LogP contribution is -2.42. The second-order valence-electron chi connectivity index (χ2n) is 5.94. The van der Waals surface area contributed by atoms with Gasteiger partial charge in [0.15, 0.2) is 0 Å². The van der Waals surface area contributed by atoms with E-state index in [9.17, 15) is 4.79 Å². The Balaban J connectivity index is 0.00000220. The monoisotopic (exact) mass is 330 g/mol. The molecule has 120 valence electrons. The Morgan fingerprint density at radius 1 is 1.43 bits per heavy atom. The van der Waals surface area contributed by atoms with Crippen molar-refractivity contribution in [1.82, 2.24) is 4.90 Å². The lowest BCUT2D eigenvalue weighted by atomic mass is 9.91. The van der Waals surface area contributed by atoms with E-state index in [0.717, 1.165) is 38.8 Å². The zero-order valence-corrected chi connectivity index (χ0v) is 14.6. The Morgan fingerprint density at radius 3 is 2.62 bits per heavy atom. The van der Waals surface area contributed by atoms with E-state index in [4.69, 9.17) is 5.73 Å². The van der Waals surface area contributed by atoms with Crippen molar-refractivity contribution in [3.05, 3.63) is 21.9 Å². The predicted molar refractivity (Wildman–Crippen MR) is 92.2 cm³/mol. The molecule has 1 aromatic heterocycles. The molecule has 1 unspecified atom stereocenters. The highest BCUT2D eigenvalue weighted by molar-refractivity contribution is 7.11. The Labute approximate surface area is 138 Å². The molecule has 0 bridgehead atoms. The molecule has 1 amide bonds. The molecule has 0 radical (unpaired) electrons. The fourth-order valence-corrected chi connectivity index (χ4v) is 3.80. The summed E-state index contributed by atoms with van der Waals surface area (Å²) in [5.74, 6) is 0.912. The van der Waals surface area contributed by atoms with Gasteiger partial charge in [0.05, 0.1) is 0 Å². The van der Waals surface area contributed by atoms with Crippen LogP contribution in [0, 0.1) is 12.8 Å². The van der Waals surface area contributed by atoms with Crippen molar-refractivity contribution in [2.24, 2.45) is 11.7 Å². The molecule has 0 aliphatic carbocycles. The van der Waals surface area contributed by atoms with Crippen LogP contribution in [0.1, 0.15) is 42.4 Å². The van der Waals surface area contributed by atoms with Crippen LogP contribution in [0.4, 0.5) is 0 Å². The summed E-state index contributed by atoms with van der Waals surface area (Å²) >= 11 is 1.84. The smallest absolute Gasteiger partial charge is 0.222 e. The van der Waals surface area contributed by atoms with Gasteiger partial charge < -0.3 is 10.6 Å². The largest absolute Gasteiger partial charge is 0.343 e. The van der Waals surface area contributed by atoms with Crippen LogP contribution in [0.3, 0.4) is 0 Å². The third-order valence-electron chi connectivity index (χ3n) is 4.25. The third-order valence-corrected chi connectivity index (χ3v) is 5.31. The van der Waals surface area contributed by atoms with Gasteiger partial charge in [-0.3, -0.25) is 4.79 Å². The van der Waals surface area contributed by atoms with Crippen molar-refractivity contribution in [3.8, 4) is 0 Å². The van der Waals surface area contributed by atoms with Gasteiger partial charge >= 0.3 is 0 Å². The summed E-state index contributed by atoms with van der Waals surface area (Å²) in [5.41, 5.74) is 5.93. The number of nitrogens with two attached hydrogens (primary N) is 1. The molecule has 1 atom stereocenters. The standard InChI is InChI=1S/C16H26N2OS.ClH/c1-12-6-7-15(20-12)4-3-5-16(19)18-10-8-14(9-11-18)13(2)17;/h6-7,13-14H,3-5,8-11,17H2,1-2H3;1H. The number of likely N-dealkylation sites (tertiary alicyclic amines) is 1. The minimum atomic E-state index is 0. The maximum absolute atomic E-state index is 12.2. The molecule has 5 heteroatoms. The molecule has 1 aliphatic rings. The van der Waals surface area contributed by atoms with Gasteiger partial charge in [0, 0.05) is 35.3 Å². The number of carbonyl (C=O) groups excluding carboxylic acids is 1. The number of nitrogens with zero attached hydrogens (tertiary/aromatic N) is 1. The van der Waals surface area contributed by atoms with E-state index in [-0.39, 0.29) is 18.4 Å². The minimum absolute atomic E-state index is 0. The summed E-state index contributed by atoms with van der Waals surface area (Å²) in [5, 5.41) is 0. The molecular weight excluding hydrogens is 304 g/mol. The molecule has 2 N–H and O–H groups in total. The maximum Gasteiger partial charge on any atom is 0.222 e. The van der Waals surface area contributed by atoms with Crippen molar-refractivity contribution < 1.29 is 4.79 Å². The average molecular weight is 331 g/mol. The fraction of sp³-hybridized carbons (Fsp3) is 0.688. The van der Waals surface area contributed by atoms with Gasteiger partial charge in [0.1, 0.15) is 0 Å². The van der Waals surface area contributed by atoms with Crippen LogP contribution in [0.15, 0.2) is 12.1 Å². The molecule has 0 spiro atoms. The van der Waals surface area contributed by atoms with Crippen LogP contribution in [0.25, 0.3) is 0 Å². The number of halogens is 1. The molecule has 0 aromatic carbocycles. The van der Waals surface area contributed by atoms with Gasteiger partial charge in [-0.25, -0.2) is 0 Å². The summed E-state index contributed by atoms with van der Waals surface area (Å²) in [6.45, 7) is 5.99. The lowest BCUT2D eigenvalue weighted by molar-refractivity contribution is -0.132. The van der Waals surface area contributed by atoms with Gasteiger partial charge in [-0.1, -0.05) is 0 Å². The third kappa shape index (κ3) is 5.61. The van der Waals surface area contributed by atoms with Crippen LogP contribution >= 0.6 is 23.7 Å². The summed E-state index contributed by atoms with van der Waals surface area (Å²) in [6.07, 6.45) is 4.80. The SMILES string of the molecule is Cc1ccc(CCCC(=O)N2CCC(C(C)N)CC2)s1.Cl. The van der Waals surface area contributed by atoms with Crippen LogP contribution in [-0.2, 0) is 11.2 Å². The number of thiophene rings is 1. The van der Waals surface area contributed by atoms with E-state index < -0.39 is 0 Å². The van der Waals surface area contributed by atoms with Crippen LogP contribution < -0.4 is 5.73 Å². The van der Waals surface area contributed by atoms with Crippen molar-refractivity contribution in [3.63, 3.8) is 0 Å². The second-order valence-corrected chi connectivity index (χ2v) is 7.32. The Morgan fingerprint density at radius 2 is 2.10 bits per heavy atom. The number of hydrogen-bond acceptors (Lipinski definition) is 3. The Hall–Kier alpha value is -0.580. The second kappa shape index (κ2) is 8.76. The number of hydrogen-bond donors (Lipinski definition) is 1. The van der Waals surface area contributed by atoms with Gasteiger partial charge in [0.25, 0.3) is 0 Å². The number of rotatable bonds is 5. The molecule has 2 rings (SSSR count). The lowest BCUT2D eigenvalue weighted by Gasteiger charge is -2.33. The quantitative estimate of drug-likeness (QED) is 0.899. The highest BCUT2D eigenvalue weighted by Crippen LogP contribution is 2.21. The predicted octanol–water partition coefficient (Wildman–Crippen LogP) is 3.39. The van der Waals surface area contributed by atoms with Gasteiger partial charge in [-0.15, -0.1) is 23.7 Å². The normalized spacial score (nSPS) is 17.4. The zero-order chi connectivity index (χ0) is 14.5. The minimum Gasteiger partial charge on any atom is -0.343 e. The van der Waals surface area contributed by atoms with Gasteiger partial charge in [0.2, 0.25) is 5.91 Å². The van der Waals surface area contributed by atoms with Crippen LogP contribution in [-0.4, -0.2) is 29.9 Å². The van der Waals surface area contributed by atoms with Crippen molar-refractivity contribution in [1.29, 1.82) is 0 Å². The van der Waals surface area contributed by atoms with E-state index >= 15 is 0 Å². The first-order valence-corrected chi connectivity index (χ1v) is 8.46. The number of amides is 1. The van der Waals surface area contributed by atoms with Crippen LogP contribution in [0.5, 0.6) is 0 Å². The molecule has 3 nitrogen and oxygen atoms in total. The van der Waals surface area contributed by atoms with Crippen LogP contribution in [0.2, 0.25) is 0 Å². The van der Waals surface area contributed by atoms with Gasteiger partial charge in [-0.2, -0.15) is 0 Å². The number of aryl methyl sites for hydroxylation is 2. The maximum atomic E-state index is 12.2. The Bertz CT molecular complexity index is 439.